The zero-order valence-corrected chi connectivity index (χ0v) is 18.7. The van der Waals surface area contributed by atoms with Crippen LogP contribution in [-0.2, 0) is 0 Å². The molecule has 2 aliphatic rings. The molecular formula is C24H20O2S3. The number of rotatable bonds is 6. The molecule has 5 rings (SSSR count). The van der Waals surface area contributed by atoms with Crippen molar-refractivity contribution >= 4 is 45.2 Å². The first-order chi connectivity index (χ1) is 14.3. The lowest BCUT2D eigenvalue weighted by molar-refractivity contribution is 0.418. The second-order valence-corrected chi connectivity index (χ2v) is 10.0. The molecule has 0 bridgehead atoms. The smallest absolute Gasteiger partial charge is 0.138 e. The second kappa shape index (κ2) is 7.82. The highest BCUT2D eigenvalue weighted by Crippen LogP contribution is 2.49. The quantitative estimate of drug-likeness (QED) is 0.391. The van der Waals surface area contributed by atoms with Gasteiger partial charge in [0.15, 0.2) is 0 Å². The maximum absolute atomic E-state index is 5.70. The van der Waals surface area contributed by atoms with Crippen LogP contribution in [0.5, 0.6) is 11.5 Å². The summed E-state index contributed by atoms with van der Waals surface area (Å²) in [5.41, 5.74) is 2.72. The molecule has 0 amide bonds. The van der Waals surface area contributed by atoms with E-state index >= 15 is 0 Å². The van der Waals surface area contributed by atoms with Crippen LogP contribution >= 0.6 is 34.0 Å². The van der Waals surface area contributed by atoms with Crippen LogP contribution in [0.3, 0.4) is 0 Å². The molecule has 2 aliphatic carbocycles. The Labute approximate surface area is 182 Å². The van der Waals surface area contributed by atoms with Crippen molar-refractivity contribution in [1.29, 1.82) is 0 Å². The van der Waals surface area contributed by atoms with Crippen molar-refractivity contribution in [2.24, 2.45) is 0 Å². The van der Waals surface area contributed by atoms with E-state index < -0.39 is 0 Å². The highest BCUT2D eigenvalue weighted by Gasteiger charge is 2.20. The molecule has 0 saturated carbocycles. The van der Waals surface area contributed by atoms with Crippen molar-refractivity contribution in [1.82, 2.24) is 0 Å². The summed E-state index contributed by atoms with van der Waals surface area (Å²) in [6, 6.07) is 8.74. The minimum absolute atomic E-state index is 0.951. The summed E-state index contributed by atoms with van der Waals surface area (Å²) in [6.07, 6.45) is 15.0. The third-order valence-electron chi connectivity index (χ3n) is 5.06. The largest absolute Gasteiger partial charge is 0.495 e. The predicted molar refractivity (Wildman–Crippen MR) is 128 cm³/mol. The first-order valence-corrected chi connectivity index (χ1v) is 11.9. The molecule has 0 fully saturated rings. The van der Waals surface area contributed by atoms with Crippen molar-refractivity contribution < 1.29 is 9.47 Å². The molecule has 0 aliphatic heterocycles. The van der Waals surface area contributed by atoms with E-state index in [9.17, 15) is 0 Å². The van der Waals surface area contributed by atoms with Crippen LogP contribution < -0.4 is 9.47 Å². The molecule has 5 heteroatoms. The average molecular weight is 437 g/mol. The molecule has 146 valence electrons. The lowest BCUT2D eigenvalue weighted by Crippen LogP contribution is -1.80. The molecule has 3 aromatic heterocycles. The monoisotopic (exact) mass is 436 g/mol. The summed E-state index contributed by atoms with van der Waals surface area (Å²) in [5, 5.41) is 0. The van der Waals surface area contributed by atoms with Gasteiger partial charge in [-0.05, 0) is 48.3 Å². The third kappa shape index (κ3) is 3.44. The maximum Gasteiger partial charge on any atom is 0.138 e. The van der Waals surface area contributed by atoms with Crippen molar-refractivity contribution in [2.75, 3.05) is 14.2 Å². The van der Waals surface area contributed by atoms with Crippen molar-refractivity contribution in [3.05, 3.63) is 70.5 Å². The summed E-state index contributed by atoms with van der Waals surface area (Å²) >= 11 is 5.42. The Kier molecular flexibility index (Phi) is 5.04. The van der Waals surface area contributed by atoms with Crippen LogP contribution in [0, 0.1) is 0 Å². The van der Waals surface area contributed by atoms with E-state index in [-0.39, 0.29) is 0 Å². The summed E-state index contributed by atoms with van der Waals surface area (Å²) < 4.78 is 11.4. The zero-order valence-electron chi connectivity index (χ0n) is 16.2. The zero-order chi connectivity index (χ0) is 19.8. The van der Waals surface area contributed by atoms with Crippen LogP contribution in [0.25, 0.3) is 30.7 Å². The van der Waals surface area contributed by atoms with Crippen LogP contribution in [0.15, 0.2) is 60.7 Å². The minimum atomic E-state index is 0.951. The Bertz CT molecular complexity index is 1090. The van der Waals surface area contributed by atoms with Gasteiger partial charge < -0.3 is 9.47 Å². The standard InChI is InChI=1S/C24H20O2S3/c1-25-17-13-21(15-7-3-4-8-15)28-23(17)19-11-12-20(27-19)24-18(26-2)14-22(29-24)16-9-5-6-10-16/h3-7,9,11-14H,8,10H2,1-2H3. The SMILES string of the molecule is COc1cc(C2=CC=CC2)sc1-c1ccc(-c2sc(C3=CC=CC3)cc2OC)s1. The molecule has 0 N–H and O–H groups in total. The lowest BCUT2D eigenvalue weighted by Gasteiger charge is -2.00. The number of thiophene rings is 3. The van der Waals surface area contributed by atoms with Gasteiger partial charge in [-0.1, -0.05) is 36.5 Å². The predicted octanol–water partition coefficient (Wildman–Crippen LogP) is 7.91. The van der Waals surface area contributed by atoms with Gasteiger partial charge in [-0.3, -0.25) is 0 Å². The molecule has 29 heavy (non-hydrogen) atoms. The molecule has 0 aromatic carbocycles. The van der Waals surface area contributed by atoms with E-state index in [1.165, 1.54) is 40.4 Å². The van der Waals surface area contributed by atoms with Crippen molar-refractivity contribution in [2.45, 2.75) is 12.8 Å². The fourth-order valence-corrected chi connectivity index (χ4v) is 7.11. The Morgan fingerprint density at radius 1 is 0.655 bits per heavy atom. The van der Waals surface area contributed by atoms with E-state index in [2.05, 4.69) is 60.7 Å². The molecule has 0 unspecified atom stereocenters. The molecular weight excluding hydrogens is 416 g/mol. The van der Waals surface area contributed by atoms with E-state index in [0.29, 0.717) is 0 Å². The fraction of sp³-hybridized carbons (Fsp3) is 0.167. The number of allylic oxidation sites excluding steroid dienone is 8. The molecule has 0 radical (unpaired) electrons. The third-order valence-corrected chi connectivity index (χ3v) is 8.89. The van der Waals surface area contributed by atoms with Crippen LogP contribution in [0.2, 0.25) is 0 Å². The van der Waals surface area contributed by atoms with E-state index in [0.717, 1.165) is 24.3 Å². The Hall–Kier alpha value is -2.34. The van der Waals surface area contributed by atoms with Crippen molar-refractivity contribution in [3.63, 3.8) is 0 Å². The first-order valence-electron chi connectivity index (χ1n) is 9.45. The Morgan fingerprint density at radius 3 is 1.52 bits per heavy atom. The molecule has 0 atom stereocenters. The van der Waals surface area contributed by atoms with Gasteiger partial charge in [-0.2, -0.15) is 0 Å². The number of methoxy groups -OCH3 is 2. The summed E-state index contributed by atoms with van der Waals surface area (Å²) in [7, 11) is 3.51. The molecule has 3 aromatic rings. The van der Waals surface area contributed by atoms with Gasteiger partial charge in [0.05, 0.1) is 24.0 Å². The van der Waals surface area contributed by atoms with E-state index in [4.69, 9.17) is 9.47 Å². The summed E-state index contributed by atoms with van der Waals surface area (Å²) in [4.78, 5) is 7.44. The summed E-state index contributed by atoms with van der Waals surface area (Å²) in [5.74, 6) is 1.90. The van der Waals surface area contributed by atoms with Gasteiger partial charge in [-0.15, -0.1) is 34.0 Å². The van der Waals surface area contributed by atoms with Gasteiger partial charge in [-0.25, -0.2) is 0 Å². The number of hydrogen-bond acceptors (Lipinski definition) is 5. The first kappa shape index (κ1) is 18.7. The minimum Gasteiger partial charge on any atom is -0.495 e. The van der Waals surface area contributed by atoms with Gasteiger partial charge in [0.1, 0.15) is 11.5 Å². The van der Waals surface area contributed by atoms with Gasteiger partial charge >= 0.3 is 0 Å². The number of hydrogen-bond donors (Lipinski definition) is 0. The Balaban J connectivity index is 1.50. The Morgan fingerprint density at radius 2 is 1.14 bits per heavy atom. The maximum atomic E-state index is 5.70. The molecule has 2 nitrogen and oxygen atoms in total. The fourth-order valence-electron chi connectivity index (χ4n) is 3.55. The van der Waals surface area contributed by atoms with Gasteiger partial charge in [0, 0.05) is 19.5 Å². The molecule has 3 heterocycles. The molecule has 0 saturated heterocycles. The van der Waals surface area contributed by atoms with Crippen LogP contribution in [-0.4, -0.2) is 14.2 Å². The second-order valence-electron chi connectivity index (χ2n) is 6.83. The normalized spacial score (nSPS) is 15.1. The highest BCUT2D eigenvalue weighted by atomic mass is 32.1. The van der Waals surface area contributed by atoms with Crippen molar-refractivity contribution in [3.8, 4) is 31.0 Å². The van der Waals surface area contributed by atoms with Crippen LogP contribution in [0.4, 0.5) is 0 Å². The average Bonchev–Trinajstić information content (AvgIpc) is 3.54. The lowest BCUT2D eigenvalue weighted by atomic mass is 10.2. The van der Waals surface area contributed by atoms with Gasteiger partial charge in [0.2, 0.25) is 0 Å². The van der Waals surface area contributed by atoms with Gasteiger partial charge in [0.25, 0.3) is 0 Å². The van der Waals surface area contributed by atoms with Crippen LogP contribution in [0.1, 0.15) is 22.6 Å². The summed E-state index contributed by atoms with van der Waals surface area (Å²) in [6.45, 7) is 0. The molecule has 0 spiro atoms. The van der Waals surface area contributed by atoms with E-state index in [1.54, 1.807) is 25.6 Å². The topological polar surface area (TPSA) is 18.5 Å². The highest BCUT2D eigenvalue weighted by molar-refractivity contribution is 7.27. The van der Waals surface area contributed by atoms with E-state index in [1.807, 2.05) is 22.7 Å². The number of ether oxygens (including phenoxy) is 2.